The van der Waals surface area contributed by atoms with Crippen molar-refractivity contribution in [2.24, 2.45) is 11.7 Å². The van der Waals surface area contributed by atoms with Crippen molar-refractivity contribution < 1.29 is 9.53 Å². The lowest BCUT2D eigenvalue weighted by molar-refractivity contribution is -0.116. The van der Waals surface area contributed by atoms with Crippen molar-refractivity contribution in [3.8, 4) is 5.75 Å². The quantitative estimate of drug-likeness (QED) is 0.704. The molecule has 0 aliphatic rings. The fraction of sp³-hybridized carbons (Fsp3) is 0.562. The predicted molar refractivity (Wildman–Crippen MR) is 90.6 cm³/mol. The van der Waals surface area contributed by atoms with Crippen LogP contribution in [0.15, 0.2) is 22.7 Å². The highest BCUT2D eigenvalue weighted by Crippen LogP contribution is 2.28. The van der Waals surface area contributed by atoms with Crippen LogP contribution in [0, 0.1) is 5.92 Å². The van der Waals surface area contributed by atoms with Crippen molar-refractivity contribution in [2.75, 3.05) is 19.0 Å². The topological polar surface area (TPSA) is 64.4 Å². The maximum absolute atomic E-state index is 12.0. The first-order chi connectivity index (χ1) is 10.1. The van der Waals surface area contributed by atoms with Gasteiger partial charge in [-0.3, -0.25) is 4.79 Å². The summed E-state index contributed by atoms with van der Waals surface area (Å²) in [5.74, 6) is 1.29. The molecule has 5 heteroatoms. The van der Waals surface area contributed by atoms with Crippen LogP contribution >= 0.6 is 15.9 Å². The number of hydrogen-bond acceptors (Lipinski definition) is 3. The van der Waals surface area contributed by atoms with Gasteiger partial charge >= 0.3 is 0 Å². The van der Waals surface area contributed by atoms with Gasteiger partial charge in [0.05, 0.1) is 11.6 Å². The molecule has 3 N–H and O–H groups in total. The van der Waals surface area contributed by atoms with Gasteiger partial charge in [-0.2, -0.15) is 0 Å². The third-order valence-electron chi connectivity index (χ3n) is 3.49. The van der Waals surface area contributed by atoms with Crippen molar-refractivity contribution in [3.05, 3.63) is 22.7 Å². The van der Waals surface area contributed by atoms with Crippen LogP contribution in [-0.4, -0.2) is 19.6 Å². The summed E-state index contributed by atoms with van der Waals surface area (Å²) in [6.07, 6.45) is 4.69. The Hall–Kier alpha value is -1.07. The number of benzene rings is 1. The summed E-state index contributed by atoms with van der Waals surface area (Å²) in [4.78, 5) is 12.0. The minimum absolute atomic E-state index is 0.0394. The van der Waals surface area contributed by atoms with Gasteiger partial charge in [-0.1, -0.05) is 19.8 Å². The van der Waals surface area contributed by atoms with Crippen LogP contribution in [0.25, 0.3) is 0 Å². The third kappa shape index (κ3) is 6.48. The van der Waals surface area contributed by atoms with Gasteiger partial charge in [0.15, 0.2) is 0 Å². The molecule has 0 heterocycles. The molecule has 1 amide bonds. The summed E-state index contributed by atoms with van der Waals surface area (Å²) < 4.78 is 6.09. The molecule has 0 saturated carbocycles. The number of hydrogen-bond donors (Lipinski definition) is 2. The van der Waals surface area contributed by atoms with Crippen molar-refractivity contribution in [1.29, 1.82) is 0 Å². The molecule has 0 aromatic heterocycles. The SMILES string of the molecule is CCCC(CCN)CCC(=O)Nc1ccc(Br)c(OC)c1. The molecule has 0 aliphatic carbocycles. The van der Waals surface area contributed by atoms with Gasteiger partial charge in [-0.05, 0) is 53.4 Å². The zero-order valence-electron chi connectivity index (χ0n) is 12.8. The number of ether oxygens (including phenoxy) is 1. The van der Waals surface area contributed by atoms with E-state index in [9.17, 15) is 4.79 Å². The molecule has 118 valence electrons. The lowest BCUT2D eigenvalue weighted by Gasteiger charge is -2.15. The Labute approximate surface area is 135 Å². The van der Waals surface area contributed by atoms with Crippen molar-refractivity contribution in [2.45, 2.75) is 39.0 Å². The second-order valence-corrected chi connectivity index (χ2v) is 6.02. The first kappa shape index (κ1) is 18.0. The maximum atomic E-state index is 12.0. The second kappa shape index (κ2) is 9.79. The van der Waals surface area contributed by atoms with Crippen LogP contribution in [0.4, 0.5) is 5.69 Å². The van der Waals surface area contributed by atoms with E-state index in [1.165, 1.54) is 0 Å². The van der Waals surface area contributed by atoms with Gasteiger partial charge in [0.25, 0.3) is 0 Å². The highest BCUT2D eigenvalue weighted by atomic mass is 79.9. The molecule has 1 atom stereocenters. The summed E-state index contributed by atoms with van der Waals surface area (Å²) in [6, 6.07) is 5.53. The first-order valence-corrected chi connectivity index (χ1v) is 8.23. The summed E-state index contributed by atoms with van der Waals surface area (Å²) in [5, 5.41) is 2.91. The molecule has 0 spiro atoms. The van der Waals surface area contributed by atoms with Gasteiger partial charge in [0.1, 0.15) is 5.75 Å². The lowest BCUT2D eigenvalue weighted by atomic mass is 9.94. The van der Waals surface area contributed by atoms with E-state index >= 15 is 0 Å². The summed E-state index contributed by atoms with van der Waals surface area (Å²) in [6.45, 7) is 2.86. The molecule has 0 bridgehead atoms. The number of nitrogens with one attached hydrogen (secondary N) is 1. The van der Waals surface area contributed by atoms with E-state index in [0.29, 0.717) is 24.6 Å². The van der Waals surface area contributed by atoms with E-state index in [2.05, 4.69) is 28.2 Å². The third-order valence-corrected chi connectivity index (χ3v) is 4.14. The largest absolute Gasteiger partial charge is 0.495 e. The van der Waals surface area contributed by atoms with Crippen molar-refractivity contribution in [3.63, 3.8) is 0 Å². The standard InChI is InChI=1S/C16H25BrN2O2/c1-3-4-12(9-10-18)5-8-16(20)19-13-6-7-14(17)15(11-13)21-2/h6-7,11-12H,3-5,8-10,18H2,1-2H3,(H,19,20). The minimum atomic E-state index is 0.0394. The molecular formula is C16H25BrN2O2. The van der Waals surface area contributed by atoms with Gasteiger partial charge in [-0.25, -0.2) is 0 Å². The molecule has 21 heavy (non-hydrogen) atoms. The number of anilines is 1. The van der Waals surface area contributed by atoms with E-state index in [1.54, 1.807) is 7.11 Å². The lowest BCUT2D eigenvalue weighted by Crippen LogP contribution is -2.15. The minimum Gasteiger partial charge on any atom is -0.495 e. The van der Waals surface area contributed by atoms with Crippen LogP contribution in [0.3, 0.4) is 0 Å². The number of carbonyl (C=O) groups is 1. The number of halogens is 1. The van der Waals surface area contributed by atoms with Crippen LogP contribution in [0.2, 0.25) is 0 Å². The number of rotatable bonds is 9. The highest BCUT2D eigenvalue weighted by Gasteiger charge is 2.11. The smallest absolute Gasteiger partial charge is 0.224 e. The molecular weight excluding hydrogens is 332 g/mol. The number of methoxy groups -OCH3 is 1. The Morgan fingerprint density at radius 3 is 2.76 bits per heavy atom. The predicted octanol–water partition coefficient (Wildman–Crippen LogP) is 3.94. The van der Waals surface area contributed by atoms with E-state index in [0.717, 1.165) is 35.8 Å². The molecule has 1 aromatic carbocycles. The van der Waals surface area contributed by atoms with Crippen LogP contribution in [0.1, 0.15) is 39.0 Å². The Morgan fingerprint density at radius 1 is 1.38 bits per heavy atom. The van der Waals surface area contributed by atoms with Crippen LogP contribution in [-0.2, 0) is 4.79 Å². The average molecular weight is 357 g/mol. The fourth-order valence-electron chi connectivity index (χ4n) is 2.37. The Bertz CT molecular complexity index is 446. The fourth-order valence-corrected chi connectivity index (χ4v) is 2.78. The molecule has 0 saturated heterocycles. The van der Waals surface area contributed by atoms with Gasteiger partial charge in [0.2, 0.25) is 5.91 Å². The van der Waals surface area contributed by atoms with Crippen LogP contribution < -0.4 is 15.8 Å². The van der Waals surface area contributed by atoms with Crippen LogP contribution in [0.5, 0.6) is 5.75 Å². The average Bonchev–Trinajstić information content (AvgIpc) is 2.47. The van der Waals surface area contributed by atoms with Crippen molar-refractivity contribution >= 4 is 27.5 Å². The van der Waals surface area contributed by atoms with Gasteiger partial charge < -0.3 is 15.8 Å². The van der Waals surface area contributed by atoms with Gasteiger partial charge in [-0.15, -0.1) is 0 Å². The number of amides is 1. The summed E-state index contributed by atoms with van der Waals surface area (Å²) >= 11 is 3.39. The molecule has 0 aliphatic heterocycles. The highest BCUT2D eigenvalue weighted by molar-refractivity contribution is 9.10. The maximum Gasteiger partial charge on any atom is 0.224 e. The first-order valence-electron chi connectivity index (χ1n) is 7.44. The Kier molecular flexibility index (Phi) is 8.38. The number of nitrogens with two attached hydrogens (primary N) is 1. The number of carbonyl (C=O) groups excluding carboxylic acids is 1. The van der Waals surface area contributed by atoms with Gasteiger partial charge in [0, 0.05) is 18.2 Å². The van der Waals surface area contributed by atoms with E-state index in [1.807, 2.05) is 18.2 Å². The zero-order chi connectivity index (χ0) is 15.7. The molecule has 0 fully saturated rings. The zero-order valence-corrected chi connectivity index (χ0v) is 14.4. The normalized spacial score (nSPS) is 12.0. The van der Waals surface area contributed by atoms with E-state index in [4.69, 9.17) is 10.5 Å². The molecule has 1 rings (SSSR count). The summed E-state index contributed by atoms with van der Waals surface area (Å²) in [5.41, 5.74) is 6.37. The Balaban J connectivity index is 2.49. The van der Waals surface area contributed by atoms with E-state index < -0.39 is 0 Å². The van der Waals surface area contributed by atoms with Crippen molar-refractivity contribution in [1.82, 2.24) is 0 Å². The van der Waals surface area contributed by atoms with E-state index in [-0.39, 0.29) is 5.91 Å². The second-order valence-electron chi connectivity index (χ2n) is 5.17. The molecule has 0 radical (unpaired) electrons. The molecule has 1 aromatic rings. The monoisotopic (exact) mass is 356 g/mol. The molecule has 1 unspecified atom stereocenters. The summed E-state index contributed by atoms with van der Waals surface area (Å²) in [7, 11) is 1.61. The Morgan fingerprint density at radius 2 is 2.14 bits per heavy atom. The molecule has 4 nitrogen and oxygen atoms in total.